The number of hydrogen-bond donors (Lipinski definition) is 1. The van der Waals surface area contributed by atoms with E-state index in [1.54, 1.807) is 18.2 Å². The Bertz CT molecular complexity index is 603. The van der Waals surface area contributed by atoms with Crippen LogP contribution in [0.2, 0.25) is 0 Å². The average molecular weight is 319 g/mol. The Kier molecular flexibility index (Phi) is 4.69. The molecule has 0 aliphatic carbocycles. The van der Waals surface area contributed by atoms with Crippen LogP contribution in [0.4, 0.5) is 0 Å². The Labute approximate surface area is 118 Å². The van der Waals surface area contributed by atoms with Gasteiger partial charge >= 0.3 is 5.91 Å². The van der Waals surface area contributed by atoms with Gasteiger partial charge in [-0.05, 0) is 39.7 Å². The molecule has 1 N–H and O–H groups in total. The fourth-order valence-corrected chi connectivity index (χ4v) is 1.66. The van der Waals surface area contributed by atoms with Gasteiger partial charge in [-0.1, -0.05) is 36.4 Å². The minimum absolute atomic E-state index is 0.205. The summed E-state index contributed by atoms with van der Waals surface area (Å²) in [4.78, 5) is 11.5. The van der Waals surface area contributed by atoms with E-state index in [0.717, 1.165) is 5.56 Å². The molecule has 0 fully saturated rings. The lowest BCUT2D eigenvalue weighted by molar-refractivity contribution is 0.0926. The molecule has 96 valence electrons. The zero-order valence-electron chi connectivity index (χ0n) is 9.92. The van der Waals surface area contributed by atoms with Gasteiger partial charge in [-0.25, -0.2) is 5.43 Å². The van der Waals surface area contributed by atoms with Crippen molar-refractivity contribution in [2.75, 3.05) is 0 Å². The maximum absolute atomic E-state index is 11.5. The van der Waals surface area contributed by atoms with Crippen LogP contribution in [-0.2, 0) is 0 Å². The summed E-state index contributed by atoms with van der Waals surface area (Å²) in [5, 5.41) is 3.79. The molecule has 1 aromatic carbocycles. The highest BCUT2D eigenvalue weighted by atomic mass is 79.9. The number of benzene rings is 1. The highest BCUT2D eigenvalue weighted by Crippen LogP contribution is 2.13. The molecule has 0 aliphatic rings. The minimum atomic E-state index is -0.393. The first kappa shape index (κ1) is 13.3. The van der Waals surface area contributed by atoms with Gasteiger partial charge < -0.3 is 4.42 Å². The molecule has 1 heterocycles. The molecule has 0 spiro atoms. The van der Waals surface area contributed by atoms with Crippen molar-refractivity contribution in [1.29, 1.82) is 0 Å². The van der Waals surface area contributed by atoms with Gasteiger partial charge in [-0.2, -0.15) is 5.10 Å². The maximum atomic E-state index is 11.5. The number of halogens is 1. The molecular formula is C14H11BrN2O2. The van der Waals surface area contributed by atoms with Gasteiger partial charge in [-0.15, -0.1) is 0 Å². The summed E-state index contributed by atoms with van der Waals surface area (Å²) in [5.41, 5.74) is 3.43. The van der Waals surface area contributed by atoms with Crippen LogP contribution in [0.15, 0.2) is 62.7 Å². The SMILES string of the molecule is O=C(N/N=C/C=C/c1ccccc1)c1ccc(Br)o1. The molecule has 0 bridgehead atoms. The molecule has 1 aromatic heterocycles. The van der Waals surface area contributed by atoms with Crippen molar-refractivity contribution >= 4 is 34.1 Å². The van der Waals surface area contributed by atoms with Crippen molar-refractivity contribution in [3.8, 4) is 0 Å². The lowest BCUT2D eigenvalue weighted by Gasteiger charge is -1.93. The van der Waals surface area contributed by atoms with Crippen molar-refractivity contribution in [1.82, 2.24) is 5.43 Å². The fraction of sp³-hybridized carbons (Fsp3) is 0. The minimum Gasteiger partial charge on any atom is -0.444 e. The number of nitrogens with zero attached hydrogens (tertiary/aromatic N) is 1. The summed E-state index contributed by atoms with van der Waals surface area (Å²) in [6.45, 7) is 0. The summed E-state index contributed by atoms with van der Waals surface area (Å²) < 4.78 is 5.59. The first-order valence-electron chi connectivity index (χ1n) is 5.56. The van der Waals surface area contributed by atoms with E-state index in [9.17, 15) is 4.79 Å². The first-order chi connectivity index (χ1) is 9.25. The largest absolute Gasteiger partial charge is 0.444 e. The maximum Gasteiger partial charge on any atom is 0.307 e. The van der Waals surface area contributed by atoms with Gasteiger partial charge in [0.2, 0.25) is 0 Å². The lowest BCUT2D eigenvalue weighted by atomic mass is 10.2. The van der Waals surface area contributed by atoms with E-state index in [2.05, 4.69) is 26.5 Å². The van der Waals surface area contributed by atoms with E-state index in [0.29, 0.717) is 4.67 Å². The summed E-state index contributed by atoms with van der Waals surface area (Å²) >= 11 is 3.12. The number of furan rings is 1. The number of nitrogens with one attached hydrogen (secondary N) is 1. The normalized spacial score (nSPS) is 11.2. The number of hydrogen-bond acceptors (Lipinski definition) is 3. The topological polar surface area (TPSA) is 54.6 Å². The Morgan fingerprint density at radius 2 is 2.00 bits per heavy atom. The van der Waals surface area contributed by atoms with Crippen molar-refractivity contribution < 1.29 is 9.21 Å². The second-order valence-electron chi connectivity index (χ2n) is 3.59. The van der Waals surface area contributed by atoms with Crippen molar-refractivity contribution in [3.63, 3.8) is 0 Å². The fourth-order valence-electron chi connectivity index (χ4n) is 1.35. The molecular weight excluding hydrogens is 308 g/mol. The zero-order chi connectivity index (χ0) is 13.5. The monoisotopic (exact) mass is 318 g/mol. The molecule has 0 radical (unpaired) electrons. The number of amides is 1. The lowest BCUT2D eigenvalue weighted by Crippen LogP contribution is -2.16. The molecule has 0 saturated heterocycles. The van der Waals surface area contributed by atoms with Gasteiger partial charge in [0.1, 0.15) is 0 Å². The molecule has 2 aromatic rings. The van der Waals surface area contributed by atoms with Crippen LogP contribution in [-0.4, -0.2) is 12.1 Å². The van der Waals surface area contributed by atoms with Crippen LogP contribution in [0, 0.1) is 0 Å². The van der Waals surface area contributed by atoms with E-state index < -0.39 is 5.91 Å². The van der Waals surface area contributed by atoms with Crippen LogP contribution in [0.25, 0.3) is 6.08 Å². The van der Waals surface area contributed by atoms with Gasteiger partial charge in [0.05, 0.1) is 0 Å². The van der Waals surface area contributed by atoms with E-state index in [1.807, 2.05) is 36.4 Å². The molecule has 0 aliphatic heterocycles. The number of carbonyl (C=O) groups excluding carboxylic acids is 1. The van der Waals surface area contributed by atoms with Crippen LogP contribution < -0.4 is 5.43 Å². The van der Waals surface area contributed by atoms with E-state index >= 15 is 0 Å². The van der Waals surface area contributed by atoms with Crippen LogP contribution in [0.5, 0.6) is 0 Å². The molecule has 0 unspecified atom stereocenters. The third-order valence-electron chi connectivity index (χ3n) is 2.21. The Balaban J connectivity index is 1.84. The van der Waals surface area contributed by atoms with Crippen molar-refractivity contribution in [2.45, 2.75) is 0 Å². The predicted octanol–water partition coefficient (Wildman–Crippen LogP) is 3.47. The quantitative estimate of drug-likeness (QED) is 0.693. The summed E-state index contributed by atoms with van der Waals surface area (Å²) in [6.07, 6.45) is 5.13. The second-order valence-corrected chi connectivity index (χ2v) is 4.37. The predicted molar refractivity (Wildman–Crippen MR) is 77.8 cm³/mol. The number of rotatable bonds is 4. The molecule has 2 rings (SSSR count). The Morgan fingerprint density at radius 1 is 1.21 bits per heavy atom. The zero-order valence-corrected chi connectivity index (χ0v) is 11.5. The van der Waals surface area contributed by atoms with Gasteiger partial charge in [0.25, 0.3) is 0 Å². The first-order valence-corrected chi connectivity index (χ1v) is 6.35. The Morgan fingerprint density at radius 3 is 2.68 bits per heavy atom. The third-order valence-corrected chi connectivity index (χ3v) is 2.64. The average Bonchev–Trinajstić information content (AvgIpc) is 2.86. The molecule has 0 atom stereocenters. The Hall–Kier alpha value is -2.14. The summed E-state index contributed by atoms with van der Waals surface area (Å²) in [6, 6.07) is 13.0. The highest BCUT2D eigenvalue weighted by molar-refractivity contribution is 9.10. The van der Waals surface area contributed by atoms with Gasteiger partial charge in [0.15, 0.2) is 10.4 Å². The highest BCUT2D eigenvalue weighted by Gasteiger charge is 2.08. The van der Waals surface area contributed by atoms with Gasteiger partial charge in [0, 0.05) is 6.21 Å². The smallest absolute Gasteiger partial charge is 0.307 e. The van der Waals surface area contributed by atoms with Crippen LogP contribution >= 0.6 is 15.9 Å². The van der Waals surface area contributed by atoms with E-state index in [1.165, 1.54) is 6.21 Å². The molecule has 4 nitrogen and oxygen atoms in total. The van der Waals surface area contributed by atoms with Gasteiger partial charge in [-0.3, -0.25) is 4.79 Å². The summed E-state index contributed by atoms with van der Waals surface area (Å²) in [5.74, 6) is -0.189. The molecule has 5 heteroatoms. The third kappa shape index (κ3) is 4.22. The van der Waals surface area contributed by atoms with Crippen molar-refractivity contribution in [2.24, 2.45) is 5.10 Å². The second kappa shape index (κ2) is 6.70. The number of hydrazone groups is 1. The van der Waals surface area contributed by atoms with Crippen molar-refractivity contribution in [3.05, 3.63) is 64.5 Å². The number of allylic oxidation sites excluding steroid dienone is 1. The standard InChI is InChI=1S/C14H11BrN2O2/c15-13-9-8-12(19-13)14(18)17-16-10-4-7-11-5-2-1-3-6-11/h1-10H,(H,17,18)/b7-4+,16-10+. The molecule has 1 amide bonds. The number of carbonyl (C=O) groups is 1. The molecule has 0 saturated carbocycles. The van der Waals surface area contributed by atoms with Crippen LogP contribution in [0.1, 0.15) is 16.1 Å². The molecule has 19 heavy (non-hydrogen) atoms. The van der Waals surface area contributed by atoms with E-state index in [4.69, 9.17) is 4.42 Å². The van der Waals surface area contributed by atoms with Crippen LogP contribution in [0.3, 0.4) is 0 Å². The van der Waals surface area contributed by atoms with E-state index in [-0.39, 0.29) is 5.76 Å². The summed E-state index contributed by atoms with van der Waals surface area (Å²) in [7, 11) is 0.